The molecule has 1 aliphatic heterocycles. The molecule has 0 aromatic heterocycles. The molecule has 1 fully saturated rings. The highest BCUT2D eigenvalue weighted by Gasteiger charge is 2.14. The summed E-state index contributed by atoms with van der Waals surface area (Å²) < 4.78 is 10.5. The SMILES string of the molecule is O=S1CNC(S)C1. The summed E-state index contributed by atoms with van der Waals surface area (Å²) in [5, 5.41) is 3.10. The molecule has 0 amide bonds. The van der Waals surface area contributed by atoms with E-state index < -0.39 is 10.8 Å². The van der Waals surface area contributed by atoms with Crippen molar-refractivity contribution in [1.82, 2.24) is 5.32 Å². The molecule has 0 saturated carbocycles. The molecule has 0 aromatic carbocycles. The molecule has 7 heavy (non-hydrogen) atoms. The predicted octanol–water partition coefficient (Wildman–Crippen LogP) is -0.448. The van der Waals surface area contributed by atoms with Crippen LogP contribution in [-0.4, -0.2) is 21.2 Å². The van der Waals surface area contributed by atoms with Gasteiger partial charge < -0.3 is 0 Å². The first-order valence-corrected chi connectivity index (χ1v) is 4.06. The third kappa shape index (κ3) is 1.44. The summed E-state index contributed by atoms with van der Waals surface area (Å²) in [6.45, 7) is 0. The lowest BCUT2D eigenvalue weighted by Gasteiger charge is -1.92. The lowest BCUT2D eigenvalue weighted by atomic mass is 10.8. The first-order chi connectivity index (χ1) is 3.29. The highest BCUT2D eigenvalue weighted by Crippen LogP contribution is 2.00. The quantitative estimate of drug-likeness (QED) is 0.443. The highest BCUT2D eigenvalue weighted by atomic mass is 32.2. The molecule has 0 aliphatic carbocycles. The Labute approximate surface area is 50.5 Å². The second-order valence-electron chi connectivity index (χ2n) is 1.47. The van der Waals surface area contributed by atoms with Crippen molar-refractivity contribution in [3.05, 3.63) is 0 Å². The van der Waals surface area contributed by atoms with E-state index >= 15 is 0 Å². The molecule has 2 nitrogen and oxygen atoms in total. The monoisotopic (exact) mass is 137 g/mol. The van der Waals surface area contributed by atoms with E-state index in [1.165, 1.54) is 0 Å². The average molecular weight is 137 g/mol. The molecular weight excluding hydrogens is 130 g/mol. The van der Waals surface area contributed by atoms with Crippen molar-refractivity contribution in [2.24, 2.45) is 0 Å². The summed E-state index contributed by atoms with van der Waals surface area (Å²) in [7, 11) is -0.640. The lowest BCUT2D eigenvalue weighted by Crippen LogP contribution is -2.15. The van der Waals surface area contributed by atoms with Crippen molar-refractivity contribution >= 4 is 23.4 Å². The zero-order chi connectivity index (χ0) is 5.28. The molecule has 42 valence electrons. The topological polar surface area (TPSA) is 29.1 Å². The van der Waals surface area contributed by atoms with Gasteiger partial charge in [-0.1, -0.05) is 0 Å². The molecule has 0 bridgehead atoms. The molecule has 0 aromatic rings. The fourth-order valence-electron chi connectivity index (χ4n) is 0.483. The van der Waals surface area contributed by atoms with Gasteiger partial charge in [0.1, 0.15) is 0 Å². The first kappa shape index (κ1) is 5.59. The average Bonchev–Trinajstić information content (AvgIpc) is 1.87. The van der Waals surface area contributed by atoms with Gasteiger partial charge in [-0.25, -0.2) is 0 Å². The van der Waals surface area contributed by atoms with Crippen LogP contribution in [0.2, 0.25) is 0 Å². The molecule has 1 saturated heterocycles. The summed E-state index contributed by atoms with van der Waals surface area (Å²) in [6, 6.07) is 0. The molecule has 1 rings (SSSR count). The van der Waals surface area contributed by atoms with Crippen molar-refractivity contribution < 1.29 is 4.21 Å². The van der Waals surface area contributed by atoms with Crippen LogP contribution in [0, 0.1) is 0 Å². The number of nitrogens with one attached hydrogen (secondary N) is 1. The molecular formula is C3H7NOS2. The van der Waals surface area contributed by atoms with E-state index in [1.807, 2.05) is 0 Å². The van der Waals surface area contributed by atoms with Gasteiger partial charge in [-0.15, -0.1) is 0 Å². The second-order valence-corrected chi connectivity index (χ2v) is 3.60. The van der Waals surface area contributed by atoms with Crippen molar-refractivity contribution in [2.75, 3.05) is 11.6 Å². The van der Waals surface area contributed by atoms with Crippen LogP contribution in [0.4, 0.5) is 0 Å². The van der Waals surface area contributed by atoms with Crippen LogP contribution in [0.5, 0.6) is 0 Å². The maximum Gasteiger partial charge on any atom is 0.0732 e. The van der Waals surface area contributed by atoms with Gasteiger partial charge in [0.2, 0.25) is 0 Å². The zero-order valence-corrected chi connectivity index (χ0v) is 5.47. The van der Waals surface area contributed by atoms with Crippen LogP contribution >= 0.6 is 12.6 Å². The number of hydrogen-bond donors (Lipinski definition) is 2. The third-order valence-electron chi connectivity index (χ3n) is 0.824. The molecule has 0 spiro atoms. The molecule has 2 atom stereocenters. The largest absolute Gasteiger partial charge is 0.293 e. The molecule has 2 unspecified atom stereocenters. The van der Waals surface area contributed by atoms with E-state index in [0.29, 0.717) is 11.6 Å². The summed E-state index contributed by atoms with van der Waals surface area (Å²) in [5.74, 6) is 1.32. The molecule has 4 heteroatoms. The van der Waals surface area contributed by atoms with Crippen LogP contribution in [0.25, 0.3) is 0 Å². The summed E-state index contributed by atoms with van der Waals surface area (Å²) >= 11 is 4.05. The molecule has 0 radical (unpaired) electrons. The lowest BCUT2D eigenvalue weighted by molar-refractivity contribution is 0.686. The first-order valence-electron chi connectivity index (χ1n) is 2.05. The van der Waals surface area contributed by atoms with E-state index in [1.54, 1.807) is 0 Å². The molecule has 1 aliphatic rings. The number of rotatable bonds is 0. The van der Waals surface area contributed by atoms with E-state index in [0.717, 1.165) is 0 Å². The van der Waals surface area contributed by atoms with Gasteiger partial charge in [0.15, 0.2) is 0 Å². The Morgan fingerprint density at radius 3 is 2.71 bits per heavy atom. The zero-order valence-electron chi connectivity index (χ0n) is 3.76. The van der Waals surface area contributed by atoms with Gasteiger partial charge >= 0.3 is 0 Å². The Morgan fingerprint density at radius 2 is 2.57 bits per heavy atom. The van der Waals surface area contributed by atoms with Crippen molar-refractivity contribution in [1.29, 1.82) is 0 Å². The standard InChI is InChI=1S/C3H7NOS2/c5-7-1-3(6)4-2-7/h3-4,6H,1-2H2. The van der Waals surface area contributed by atoms with E-state index in [4.69, 9.17) is 0 Å². The normalized spacial score (nSPS) is 41.9. The van der Waals surface area contributed by atoms with Crippen LogP contribution in [0.3, 0.4) is 0 Å². The van der Waals surface area contributed by atoms with E-state index in [9.17, 15) is 4.21 Å². The van der Waals surface area contributed by atoms with Crippen LogP contribution < -0.4 is 5.32 Å². The smallest absolute Gasteiger partial charge is 0.0732 e. The van der Waals surface area contributed by atoms with Crippen LogP contribution in [-0.2, 0) is 10.8 Å². The Balaban J connectivity index is 2.40. The van der Waals surface area contributed by atoms with Gasteiger partial charge in [0, 0.05) is 16.6 Å². The Hall–Kier alpha value is 0.460. The maximum atomic E-state index is 10.5. The minimum Gasteiger partial charge on any atom is -0.293 e. The number of thiol groups is 1. The summed E-state index contributed by atoms with van der Waals surface area (Å²) in [4.78, 5) is 0. The van der Waals surface area contributed by atoms with Crippen molar-refractivity contribution in [2.45, 2.75) is 5.37 Å². The Bertz CT molecular complexity index is 94.9. The van der Waals surface area contributed by atoms with Crippen LogP contribution in [0.1, 0.15) is 0 Å². The van der Waals surface area contributed by atoms with Gasteiger partial charge in [-0.3, -0.25) is 9.53 Å². The fraction of sp³-hybridized carbons (Fsp3) is 1.00. The number of hydrogen-bond acceptors (Lipinski definition) is 3. The van der Waals surface area contributed by atoms with Gasteiger partial charge in [-0.2, -0.15) is 12.6 Å². The Morgan fingerprint density at radius 1 is 1.86 bits per heavy atom. The van der Waals surface area contributed by atoms with Gasteiger partial charge in [0.05, 0.1) is 11.3 Å². The predicted molar refractivity (Wildman–Crippen MR) is 33.8 cm³/mol. The van der Waals surface area contributed by atoms with E-state index in [-0.39, 0.29) is 5.37 Å². The van der Waals surface area contributed by atoms with E-state index in [2.05, 4.69) is 17.9 Å². The maximum absolute atomic E-state index is 10.5. The summed E-state index contributed by atoms with van der Waals surface area (Å²) in [6.07, 6.45) is 0. The minimum absolute atomic E-state index is 0.167. The van der Waals surface area contributed by atoms with Gasteiger partial charge in [0.25, 0.3) is 0 Å². The highest BCUT2D eigenvalue weighted by molar-refractivity contribution is 7.88. The van der Waals surface area contributed by atoms with Crippen LogP contribution in [0.15, 0.2) is 0 Å². The molecule has 1 heterocycles. The molecule has 1 N–H and O–H groups in total. The fourth-order valence-corrected chi connectivity index (χ4v) is 2.17. The van der Waals surface area contributed by atoms with Crippen molar-refractivity contribution in [3.63, 3.8) is 0 Å². The van der Waals surface area contributed by atoms with Crippen molar-refractivity contribution in [3.8, 4) is 0 Å². The minimum atomic E-state index is -0.640. The second kappa shape index (κ2) is 2.15. The van der Waals surface area contributed by atoms with Gasteiger partial charge in [-0.05, 0) is 0 Å². The third-order valence-corrected chi connectivity index (χ3v) is 2.63. The summed E-state index contributed by atoms with van der Waals surface area (Å²) in [5.41, 5.74) is 0. The Kier molecular flexibility index (Phi) is 1.72.